The average Bonchev–Trinajstić information content (AvgIpc) is 2.60. The summed E-state index contributed by atoms with van der Waals surface area (Å²) in [4.78, 5) is 0. The van der Waals surface area contributed by atoms with Crippen LogP contribution in [0.15, 0.2) is 12.1 Å². The summed E-state index contributed by atoms with van der Waals surface area (Å²) in [5, 5.41) is 3.63. The van der Waals surface area contributed by atoms with Crippen molar-refractivity contribution in [1.82, 2.24) is 9.62 Å². The van der Waals surface area contributed by atoms with E-state index in [0.717, 1.165) is 5.56 Å². The lowest BCUT2D eigenvalue weighted by molar-refractivity contribution is -0.0440. The Labute approximate surface area is 167 Å². The Morgan fingerprint density at radius 3 is 2.56 bits per heavy atom. The molecule has 0 saturated carbocycles. The summed E-state index contributed by atoms with van der Waals surface area (Å²) in [5.74, 6) is 1.11. The van der Waals surface area contributed by atoms with Crippen LogP contribution in [0.4, 0.5) is 0 Å². The SMILES string of the molecule is CCOc1c(Cl)cc(CNCCS(=O)(=O)N2CC(C)OC(C)C2)cc1OC. The molecule has 1 aromatic carbocycles. The molecule has 7 nitrogen and oxygen atoms in total. The molecule has 27 heavy (non-hydrogen) atoms. The maximum absolute atomic E-state index is 12.5. The van der Waals surface area contributed by atoms with Gasteiger partial charge in [-0.15, -0.1) is 0 Å². The van der Waals surface area contributed by atoms with Gasteiger partial charge in [-0.05, 0) is 38.5 Å². The first-order valence-corrected chi connectivity index (χ1v) is 11.1. The number of methoxy groups -OCH3 is 1. The molecule has 0 aliphatic carbocycles. The number of benzene rings is 1. The standard InChI is InChI=1S/C18H29ClN2O5S/c1-5-25-18-16(19)8-15(9-17(18)24-4)10-20-6-7-27(22,23)21-11-13(2)26-14(3)12-21/h8-9,13-14,20H,5-7,10-12H2,1-4H3. The van der Waals surface area contributed by atoms with Crippen LogP contribution in [0.1, 0.15) is 26.3 Å². The van der Waals surface area contributed by atoms with Crippen molar-refractivity contribution in [1.29, 1.82) is 0 Å². The number of halogens is 1. The fourth-order valence-corrected chi connectivity index (χ4v) is 4.90. The van der Waals surface area contributed by atoms with Gasteiger partial charge in [0.1, 0.15) is 0 Å². The van der Waals surface area contributed by atoms with Gasteiger partial charge < -0.3 is 19.5 Å². The maximum atomic E-state index is 12.5. The van der Waals surface area contributed by atoms with Gasteiger partial charge in [0.05, 0.1) is 36.7 Å². The minimum Gasteiger partial charge on any atom is -0.493 e. The van der Waals surface area contributed by atoms with Gasteiger partial charge in [-0.3, -0.25) is 0 Å². The van der Waals surface area contributed by atoms with E-state index < -0.39 is 10.0 Å². The van der Waals surface area contributed by atoms with Crippen molar-refractivity contribution in [3.63, 3.8) is 0 Å². The quantitative estimate of drug-likeness (QED) is 0.617. The molecule has 1 aliphatic rings. The normalized spacial score (nSPS) is 21.2. The Morgan fingerprint density at radius 2 is 1.96 bits per heavy atom. The highest BCUT2D eigenvalue weighted by Gasteiger charge is 2.30. The summed E-state index contributed by atoms with van der Waals surface area (Å²) in [6, 6.07) is 3.63. The Hall–Kier alpha value is -1.06. The van der Waals surface area contributed by atoms with E-state index in [1.54, 1.807) is 13.2 Å². The number of morpholine rings is 1. The zero-order chi connectivity index (χ0) is 20.0. The van der Waals surface area contributed by atoms with Crippen molar-refractivity contribution < 1.29 is 22.6 Å². The van der Waals surface area contributed by atoms with E-state index in [1.807, 2.05) is 26.8 Å². The number of sulfonamides is 1. The zero-order valence-corrected chi connectivity index (χ0v) is 17.9. The minimum atomic E-state index is -3.32. The van der Waals surface area contributed by atoms with Crippen LogP contribution in [-0.4, -0.2) is 64.0 Å². The van der Waals surface area contributed by atoms with E-state index in [-0.39, 0.29) is 18.0 Å². The van der Waals surface area contributed by atoms with Crippen LogP contribution >= 0.6 is 11.6 Å². The predicted molar refractivity (Wildman–Crippen MR) is 106 cm³/mol. The summed E-state index contributed by atoms with van der Waals surface area (Å²) in [5.41, 5.74) is 0.895. The van der Waals surface area contributed by atoms with E-state index in [0.29, 0.717) is 49.3 Å². The summed E-state index contributed by atoms with van der Waals surface area (Å²) < 4.78 is 43.0. The van der Waals surface area contributed by atoms with E-state index in [4.69, 9.17) is 25.8 Å². The second-order valence-corrected chi connectivity index (χ2v) is 9.10. The molecule has 0 aromatic heterocycles. The molecular formula is C18H29ClN2O5S. The Balaban J connectivity index is 1.90. The third-order valence-electron chi connectivity index (χ3n) is 4.22. The van der Waals surface area contributed by atoms with E-state index in [9.17, 15) is 8.42 Å². The van der Waals surface area contributed by atoms with Gasteiger partial charge in [0.15, 0.2) is 11.5 Å². The van der Waals surface area contributed by atoms with E-state index >= 15 is 0 Å². The number of rotatable bonds is 9. The lowest BCUT2D eigenvalue weighted by atomic mass is 10.2. The highest BCUT2D eigenvalue weighted by molar-refractivity contribution is 7.89. The number of hydrogen-bond donors (Lipinski definition) is 1. The van der Waals surface area contributed by atoms with E-state index in [1.165, 1.54) is 4.31 Å². The molecule has 2 atom stereocenters. The smallest absolute Gasteiger partial charge is 0.215 e. The first kappa shape index (κ1) is 22.2. The third-order valence-corrected chi connectivity index (χ3v) is 6.31. The van der Waals surface area contributed by atoms with Crippen LogP contribution in [0, 0.1) is 0 Å². The van der Waals surface area contributed by atoms with E-state index in [2.05, 4.69) is 5.32 Å². The van der Waals surface area contributed by atoms with Gasteiger partial charge in [0.2, 0.25) is 10.0 Å². The molecule has 1 fully saturated rings. The highest BCUT2D eigenvalue weighted by atomic mass is 35.5. The Kier molecular flexibility index (Phi) is 8.18. The molecule has 1 aliphatic heterocycles. The van der Waals surface area contributed by atoms with Crippen molar-refractivity contribution in [2.45, 2.75) is 39.5 Å². The molecule has 0 radical (unpaired) electrons. The molecule has 0 spiro atoms. The molecule has 9 heteroatoms. The second kappa shape index (κ2) is 9.93. The fourth-order valence-electron chi connectivity index (χ4n) is 3.08. The molecule has 154 valence electrons. The summed E-state index contributed by atoms with van der Waals surface area (Å²) >= 11 is 6.26. The van der Waals surface area contributed by atoms with Crippen molar-refractivity contribution >= 4 is 21.6 Å². The molecular weight excluding hydrogens is 392 g/mol. The number of ether oxygens (including phenoxy) is 3. The minimum absolute atomic E-state index is 0.0360. The van der Waals surface area contributed by atoms with Crippen molar-refractivity contribution in [2.24, 2.45) is 0 Å². The number of nitrogens with one attached hydrogen (secondary N) is 1. The second-order valence-electron chi connectivity index (χ2n) is 6.61. The van der Waals surface area contributed by atoms with Crippen molar-refractivity contribution in [3.05, 3.63) is 22.7 Å². The monoisotopic (exact) mass is 420 g/mol. The van der Waals surface area contributed by atoms with Gasteiger partial charge in [0, 0.05) is 26.2 Å². The molecule has 1 heterocycles. The largest absolute Gasteiger partial charge is 0.493 e. The summed E-state index contributed by atoms with van der Waals surface area (Å²) in [7, 11) is -1.76. The summed E-state index contributed by atoms with van der Waals surface area (Å²) in [6.07, 6.45) is -0.176. The van der Waals surface area contributed by atoms with Gasteiger partial charge in [-0.1, -0.05) is 11.6 Å². The predicted octanol–water partition coefficient (Wildman–Crippen LogP) is 2.28. The average molecular weight is 421 g/mol. The first-order chi connectivity index (χ1) is 12.8. The van der Waals surface area contributed by atoms with Crippen molar-refractivity contribution in [2.75, 3.05) is 39.1 Å². The van der Waals surface area contributed by atoms with Gasteiger partial charge in [0.25, 0.3) is 0 Å². The molecule has 0 bridgehead atoms. The first-order valence-electron chi connectivity index (χ1n) is 9.10. The van der Waals surface area contributed by atoms with Crippen molar-refractivity contribution in [3.8, 4) is 11.5 Å². The van der Waals surface area contributed by atoms with Crippen LogP contribution in [0.5, 0.6) is 11.5 Å². The molecule has 1 saturated heterocycles. The molecule has 1 N–H and O–H groups in total. The zero-order valence-electron chi connectivity index (χ0n) is 16.3. The van der Waals surface area contributed by atoms with Crippen LogP contribution in [0.2, 0.25) is 5.02 Å². The maximum Gasteiger partial charge on any atom is 0.215 e. The van der Waals surface area contributed by atoms with Crippen LogP contribution in [0.3, 0.4) is 0 Å². The van der Waals surface area contributed by atoms with Crippen LogP contribution in [-0.2, 0) is 21.3 Å². The number of nitrogens with zero attached hydrogens (tertiary/aromatic N) is 1. The topological polar surface area (TPSA) is 77.1 Å². The van der Waals surface area contributed by atoms with Crippen LogP contribution in [0.25, 0.3) is 0 Å². The highest BCUT2D eigenvalue weighted by Crippen LogP contribution is 2.36. The lowest BCUT2D eigenvalue weighted by Crippen LogP contribution is -2.49. The fraction of sp³-hybridized carbons (Fsp3) is 0.667. The van der Waals surface area contributed by atoms with Gasteiger partial charge in [-0.2, -0.15) is 4.31 Å². The number of hydrogen-bond acceptors (Lipinski definition) is 6. The van der Waals surface area contributed by atoms with Crippen LogP contribution < -0.4 is 14.8 Å². The Bertz CT molecular complexity index is 719. The Morgan fingerprint density at radius 1 is 1.30 bits per heavy atom. The van der Waals surface area contributed by atoms with Gasteiger partial charge in [-0.25, -0.2) is 8.42 Å². The molecule has 2 rings (SSSR count). The molecule has 2 unspecified atom stereocenters. The third kappa shape index (κ3) is 6.22. The lowest BCUT2D eigenvalue weighted by Gasteiger charge is -2.34. The van der Waals surface area contributed by atoms with Gasteiger partial charge >= 0.3 is 0 Å². The summed E-state index contributed by atoms with van der Waals surface area (Å²) in [6.45, 7) is 7.77. The molecule has 1 aromatic rings. The molecule has 0 amide bonds.